The molecule has 5 aliphatic carbocycles. The van der Waals surface area contributed by atoms with Crippen molar-refractivity contribution in [3.8, 4) is 0 Å². The van der Waals surface area contributed by atoms with Gasteiger partial charge in [-0.25, -0.2) is 0 Å². The van der Waals surface area contributed by atoms with Gasteiger partial charge < -0.3 is 0 Å². The highest BCUT2D eigenvalue weighted by Gasteiger charge is 2.41. The Morgan fingerprint density at radius 2 is 1.66 bits per heavy atom. The third-order valence-electron chi connectivity index (χ3n) is 10.7. The molecule has 5 aliphatic rings. The van der Waals surface area contributed by atoms with E-state index in [9.17, 15) is 0 Å². The molecule has 0 aliphatic heterocycles. The highest BCUT2D eigenvalue weighted by molar-refractivity contribution is 5.98. The summed E-state index contributed by atoms with van der Waals surface area (Å²) >= 11 is 0. The van der Waals surface area contributed by atoms with E-state index in [4.69, 9.17) is 0 Å². The van der Waals surface area contributed by atoms with Crippen LogP contribution >= 0.6 is 0 Å². The molecule has 0 saturated heterocycles. The van der Waals surface area contributed by atoms with E-state index in [0.717, 1.165) is 30.5 Å². The van der Waals surface area contributed by atoms with Gasteiger partial charge in [0.1, 0.15) is 0 Å². The highest BCUT2D eigenvalue weighted by atomic mass is 15.4. The quantitative estimate of drug-likeness (QED) is 0.237. The summed E-state index contributed by atoms with van der Waals surface area (Å²) in [7, 11) is 0. The molecule has 0 amide bonds. The second kappa shape index (κ2) is 8.88. The van der Waals surface area contributed by atoms with Crippen LogP contribution in [0.5, 0.6) is 0 Å². The van der Waals surface area contributed by atoms with Crippen molar-refractivity contribution in [3.63, 3.8) is 0 Å². The largest absolute Gasteiger partial charge is 0.293 e. The van der Waals surface area contributed by atoms with E-state index in [-0.39, 0.29) is 10.8 Å². The molecule has 2 nitrogen and oxygen atoms in total. The average molecular weight is 569 g/mol. The van der Waals surface area contributed by atoms with Gasteiger partial charge >= 0.3 is 0 Å². The highest BCUT2D eigenvalue weighted by Crippen LogP contribution is 2.53. The van der Waals surface area contributed by atoms with E-state index in [1.807, 2.05) is 0 Å². The van der Waals surface area contributed by atoms with Crippen molar-refractivity contribution in [2.45, 2.75) is 57.8 Å². The molecule has 0 saturated carbocycles. The Bertz CT molecular complexity index is 2180. The lowest BCUT2D eigenvalue weighted by Gasteiger charge is -2.23. The molecule has 1 heterocycles. The number of hydrogen-bond acceptors (Lipinski definition) is 1. The van der Waals surface area contributed by atoms with Gasteiger partial charge in [-0.15, -0.1) is 5.73 Å². The molecule has 1 aromatic heterocycles. The molecule has 2 heteroatoms. The standard InChI is InChI=1S/C42H36N2/c1-41(2)34-17-9-8-14-28(34)31-22-27(23-36(31)41)38(21-20-26-12-6-5-7-13-26)43-44-39-19-11-16-30(39)33-24-32-29-15-10-18-35(29)42(3,4)37(32)25-40(33)44/h5-14,17-19,21,23-25,43H,15-16,20H2,1-4H3/b38-21-. The van der Waals surface area contributed by atoms with Crippen molar-refractivity contribution in [2.75, 3.05) is 5.43 Å². The van der Waals surface area contributed by atoms with Crippen molar-refractivity contribution in [3.05, 3.63) is 164 Å². The molecule has 214 valence electrons. The number of aromatic nitrogens is 1. The fraction of sp³-hybridized carbons (Fsp3) is 0.214. The first kappa shape index (κ1) is 25.7. The third-order valence-corrected chi connectivity index (χ3v) is 10.7. The second-order valence-electron chi connectivity index (χ2n) is 13.9. The van der Waals surface area contributed by atoms with Crippen LogP contribution in [-0.2, 0) is 23.7 Å². The van der Waals surface area contributed by atoms with Crippen LogP contribution < -0.4 is 5.43 Å². The summed E-state index contributed by atoms with van der Waals surface area (Å²) in [6.07, 6.45) is 16.9. The van der Waals surface area contributed by atoms with Gasteiger partial charge in [0.15, 0.2) is 0 Å². The lowest BCUT2D eigenvalue weighted by molar-refractivity contribution is 0.655. The summed E-state index contributed by atoms with van der Waals surface area (Å²) in [6.45, 7) is 9.45. The molecule has 0 unspecified atom stereocenters. The van der Waals surface area contributed by atoms with Gasteiger partial charge in [-0.1, -0.05) is 107 Å². The smallest absolute Gasteiger partial charge is 0.0710 e. The molecule has 0 atom stereocenters. The Morgan fingerprint density at radius 1 is 0.864 bits per heavy atom. The van der Waals surface area contributed by atoms with Gasteiger partial charge in [0.05, 0.1) is 16.9 Å². The fourth-order valence-electron chi connectivity index (χ4n) is 8.34. The first-order valence-electron chi connectivity index (χ1n) is 16.0. The Morgan fingerprint density at radius 3 is 2.52 bits per heavy atom. The maximum atomic E-state index is 3.97. The summed E-state index contributed by atoms with van der Waals surface area (Å²) in [6, 6.07) is 24.5. The minimum atomic E-state index is -0.0523. The number of benzene rings is 3. The van der Waals surface area contributed by atoms with E-state index >= 15 is 0 Å². The zero-order valence-electron chi connectivity index (χ0n) is 25.9. The summed E-state index contributed by atoms with van der Waals surface area (Å²) in [5.41, 5.74) is 26.4. The first-order chi connectivity index (χ1) is 21.3. The number of nitrogens with one attached hydrogen (secondary N) is 1. The number of allylic oxidation sites excluding steroid dienone is 8. The van der Waals surface area contributed by atoms with Crippen LogP contribution in [0.4, 0.5) is 0 Å². The van der Waals surface area contributed by atoms with E-state index < -0.39 is 0 Å². The van der Waals surface area contributed by atoms with Crippen LogP contribution in [0.15, 0.2) is 125 Å². The zero-order chi connectivity index (χ0) is 29.8. The molecule has 0 bridgehead atoms. The van der Waals surface area contributed by atoms with Crippen LogP contribution in [0, 0.1) is 0 Å². The first-order valence-corrected chi connectivity index (χ1v) is 16.0. The normalized spacial score (nSPS) is 19.5. The van der Waals surface area contributed by atoms with Gasteiger partial charge in [0, 0.05) is 27.4 Å². The molecule has 3 aromatic carbocycles. The maximum Gasteiger partial charge on any atom is 0.0710 e. The minimum absolute atomic E-state index is 0.00640. The minimum Gasteiger partial charge on any atom is -0.293 e. The Kier molecular flexibility index (Phi) is 5.19. The summed E-state index contributed by atoms with van der Waals surface area (Å²) in [5.74, 6) is 0. The molecule has 9 rings (SSSR count). The van der Waals surface area contributed by atoms with Crippen molar-refractivity contribution in [1.29, 1.82) is 0 Å². The lowest BCUT2D eigenvalue weighted by atomic mass is 9.81. The molecule has 0 spiro atoms. The zero-order valence-corrected chi connectivity index (χ0v) is 25.9. The number of hydrogen-bond donors (Lipinski definition) is 1. The lowest BCUT2D eigenvalue weighted by Crippen LogP contribution is -2.19. The predicted octanol–water partition coefficient (Wildman–Crippen LogP) is 9.73. The molecule has 1 N–H and O–H groups in total. The van der Waals surface area contributed by atoms with Crippen molar-refractivity contribution >= 4 is 28.1 Å². The Labute approximate surface area is 259 Å². The third kappa shape index (κ3) is 3.44. The number of nitrogens with zero attached hydrogens (tertiary/aromatic N) is 1. The topological polar surface area (TPSA) is 17.0 Å². The van der Waals surface area contributed by atoms with Crippen molar-refractivity contribution < 1.29 is 0 Å². The predicted molar refractivity (Wildman–Crippen MR) is 184 cm³/mol. The van der Waals surface area contributed by atoms with Gasteiger partial charge in [-0.05, 0) is 93.6 Å². The molecular formula is C42H36N2. The summed E-state index contributed by atoms with van der Waals surface area (Å²) in [4.78, 5) is 0. The van der Waals surface area contributed by atoms with Gasteiger partial charge in [0.25, 0.3) is 0 Å². The van der Waals surface area contributed by atoms with E-state index in [0.29, 0.717) is 0 Å². The van der Waals surface area contributed by atoms with Crippen LogP contribution in [0.2, 0.25) is 0 Å². The van der Waals surface area contributed by atoms with E-state index in [1.165, 1.54) is 72.3 Å². The molecule has 4 aromatic rings. The fourth-order valence-corrected chi connectivity index (χ4v) is 8.34. The van der Waals surface area contributed by atoms with Crippen molar-refractivity contribution in [1.82, 2.24) is 4.68 Å². The second-order valence-corrected chi connectivity index (χ2v) is 13.9. The van der Waals surface area contributed by atoms with Crippen LogP contribution in [0.25, 0.3) is 28.1 Å². The van der Waals surface area contributed by atoms with Gasteiger partial charge in [-0.2, -0.15) is 0 Å². The van der Waals surface area contributed by atoms with Crippen LogP contribution in [0.3, 0.4) is 0 Å². The Hall–Kier alpha value is -4.78. The van der Waals surface area contributed by atoms with Gasteiger partial charge in [-0.3, -0.25) is 10.1 Å². The van der Waals surface area contributed by atoms with Crippen LogP contribution in [0.1, 0.15) is 73.2 Å². The van der Waals surface area contributed by atoms with Crippen LogP contribution in [-0.4, -0.2) is 4.68 Å². The van der Waals surface area contributed by atoms with E-state index in [1.54, 1.807) is 0 Å². The molecule has 0 radical (unpaired) electrons. The molecular weight excluding hydrogens is 532 g/mol. The van der Waals surface area contributed by atoms with E-state index in [2.05, 4.69) is 147 Å². The number of rotatable bonds is 5. The van der Waals surface area contributed by atoms with Crippen molar-refractivity contribution in [2.24, 2.45) is 0 Å². The van der Waals surface area contributed by atoms with Gasteiger partial charge in [0.2, 0.25) is 0 Å². The summed E-state index contributed by atoms with van der Waals surface area (Å²) < 4.78 is 2.35. The molecule has 0 fully saturated rings. The average Bonchev–Trinajstić information content (AvgIpc) is 3.86. The summed E-state index contributed by atoms with van der Waals surface area (Å²) in [5, 5.41) is 1.36. The number of fused-ring (bicyclic) bond motifs is 8. The SMILES string of the molecule is CC1(C)C2=CC(/C(=C/Cc3ccccc3)Nn3c4c(c5cc6c(cc53)C(C)(C)C3=C6CC=C3)CC=C4)=C=C2c2ccccc21. The molecule has 44 heavy (non-hydrogen) atoms. The monoisotopic (exact) mass is 568 g/mol. The Balaban J connectivity index is 1.21. The maximum absolute atomic E-state index is 3.97.